The van der Waals surface area contributed by atoms with Crippen LogP contribution in [0.4, 0.5) is 0 Å². The topological polar surface area (TPSA) is 92.1 Å². The van der Waals surface area contributed by atoms with Crippen LogP contribution in [-0.4, -0.2) is 15.0 Å². The molecule has 0 aromatic carbocycles. The quantitative estimate of drug-likeness (QED) is 0.441. The lowest BCUT2D eigenvalue weighted by Gasteiger charge is -1.97. The average Bonchev–Trinajstić information content (AvgIpc) is 2.56. The second-order valence-corrected chi connectivity index (χ2v) is 4.54. The third kappa shape index (κ3) is 3.75. The molecule has 0 fully saturated rings. The highest BCUT2D eigenvalue weighted by molar-refractivity contribution is 7.85. The smallest absolute Gasteiger partial charge is 0.264 e. The number of azide groups is 1. The van der Waals surface area contributed by atoms with E-state index < -0.39 is 10.3 Å². The first-order valence-electron chi connectivity index (χ1n) is 3.62. The summed E-state index contributed by atoms with van der Waals surface area (Å²) in [6.45, 7) is -0.0120. The molecule has 0 N–H and O–H groups in total. The zero-order valence-corrected chi connectivity index (χ0v) is 8.66. The van der Waals surface area contributed by atoms with Gasteiger partial charge in [-0.1, -0.05) is 6.07 Å². The van der Waals surface area contributed by atoms with Crippen molar-refractivity contribution in [3.8, 4) is 0 Å². The Hall–Kier alpha value is -1.08. The Balaban J connectivity index is 2.39. The van der Waals surface area contributed by atoms with Gasteiger partial charge in [0.05, 0.1) is 11.1 Å². The third-order valence-electron chi connectivity index (χ3n) is 1.30. The molecule has 1 aromatic heterocycles. The highest BCUT2D eigenvalue weighted by atomic mass is 32.2. The van der Waals surface area contributed by atoms with Crippen LogP contribution in [0.25, 0.3) is 10.4 Å². The summed E-state index contributed by atoms with van der Waals surface area (Å²) < 4.78 is 28.4. The van der Waals surface area contributed by atoms with Crippen molar-refractivity contribution in [2.45, 2.75) is 6.42 Å². The summed E-state index contributed by atoms with van der Waals surface area (Å²) in [4.78, 5) is 3.15. The summed E-state index contributed by atoms with van der Waals surface area (Å²) in [5, 5.41) is 1.89. The molecule has 0 amide bonds. The van der Waals surface area contributed by atoms with Gasteiger partial charge in [-0.3, -0.25) is 4.18 Å². The molecule has 0 aliphatic rings. The Morgan fingerprint density at radius 1 is 1.64 bits per heavy atom. The van der Waals surface area contributed by atoms with Gasteiger partial charge in [0.25, 0.3) is 0 Å². The van der Waals surface area contributed by atoms with E-state index in [1.165, 1.54) is 11.3 Å². The Morgan fingerprint density at radius 2 is 2.43 bits per heavy atom. The second kappa shape index (κ2) is 4.97. The molecule has 0 bridgehead atoms. The van der Waals surface area contributed by atoms with E-state index in [2.05, 4.69) is 13.6 Å². The predicted octanol–water partition coefficient (Wildman–Crippen LogP) is 1.86. The lowest BCUT2D eigenvalue weighted by molar-refractivity contribution is 0.323. The fourth-order valence-electron chi connectivity index (χ4n) is 0.771. The summed E-state index contributed by atoms with van der Waals surface area (Å²) in [5.41, 5.74) is 7.89. The van der Waals surface area contributed by atoms with Gasteiger partial charge in [-0.25, -0.2) is 0 Å². The van der Waals surface area contributed by atoms with Gasteiger partial charge in [0.1, 0.15) is 0 Å². The lowest BCUT2D eigenvalue weighted by atomic mass is 10.4. The van der Waals surface area contributed by atoms with Crippen molar-refractivity contribution in [1.82, 2.24) is 0 Å². The molecule has 0 aliphatic heterocycles. The molecule has 1 aromatic rings. The minimum atomic E-state index is -4.07. The van der Waals surface area contributed by atoms with E-state index in [1.54, 1.807) is 0 Å². The summed E-state index contributed by atoms with van der Waals surface area (Å²) in [7, 11) is -4.07. The Kier molecular flexibility index (Phi) is 3.90. The maximum atomic E-state index is 10.7. The second-order valence-electron chi connectivity index (χ2n) is 2.25. The van der Waals surface area contributed by atoms with Gasteiger partial charge in [0.2, 0.25) is 0 Å². The van der Waals surface area contributed by atoms with Crippen molar-refractivity contribution in [2.24, 2.45) is 4.52 Å². The van der Waals surface area contributed by atoms with Crippen molar-refractivity contribution in [3.63, 3.8) is 0 Å². The molecule has 1 heterocycles. The molecule has 0 atom stereocenters. The fraction of sp³-hybridized carbons (Fsp3) is 0.333. The first-order valence-corrected chi connectivity index (χ1v) is 5.86. The third-order valence-corrected chi connectivity index (χ3v) is 2.97. The van der Waals surface area contributed by atoms with Crippen molar-refractivity contribution < 1.29 is 12.6 Å². The first kappa shape index (κ1) is 11.0. The molecule has 14 heavy (non-hydrogen) atoms. The van der Waals surface area contributed by atoms with Gasteiger partial charge in [0.15, 0.2) is 0 Å². The first-order chi connectivity index (χ1) is 6.64. The molecule has 0 radical (unpaired) electrons. The molecular formula is C6H7N3O3S2. The van der Waals surface area contributed by atoms with Crippen LogP contribution in [0.2, 0.25) is 0 Å². The molecule has 0 saturated carbocycles. The van der Waals surface area contributed by atoms with Crippen molar-refractivity contribution in [1.29, 1.82) is 0 Å². The average molecular weight is 233 g/mol. The number of thiophene rings is 1. The van der Waals surface area contributed by atoms with Crippen molar-refractivity contribution in [2.75, 3.05) is 6.61 Å². The van der Waals surface area contributed by atoms with Crippen molar-refractivity contribution >= 4 is 21.6 Å². The zero-order valence-electron chi connectivity index (χ0n) is 7.03. The molecule has 76 valence electrons. The molecule has 0 spiro atoms. The monoisotopic (exact) mass is 233 g/mol. The predicted molar refractivity (Wildman–Crippen MR) is 52.0 cm³/mol. The number of nitrogens with zero attached hydrogens (tertiary/aromatic N) is 3. The summed E-state index contributed by atoms with van der Waals surface area (Å²) in [6, 6.07) is 3.73. The standard InChI is InChI=1S/C6H7N3O3S2/c7-8-9-14(10,11)12-4-3-6-2-1-5-13-6/h1-2,5H,3-4H2. The van der Waals surface area contributed by atoms with Crippen LogP contribution in [0.15, 0.2) is 22.0 Å². The van der Waals surface area contributed by atoms with Gasteiger partial charge in [-0.2, -0.15) is 8.42 Å². The van der Waals surface area contributed by atoms with Crippen LogP contribution in [-0.2, 0) is 20.9 Å². The van der Waals surface area contributed by atoms with Crippen LogP contribution >= 0.6 is 11.3 Å². The Bertz CT molecular complexity index is 419. The highest BCUT2D eigenvalue weighted by Crippen LogP contribution is 2.09. The number of hydrogen-bond donors (Lipinski definition) is 0. The summed E-state index contributed by atoms with van der Waals surface area (Å²) in [5.74, 6) is 0. The van der Waals surface area contributed by atoms with E-state index in [-0.39, 0.29) is 6.61 Å². The molecular weight excluding hydrogens is 226 g/mol. The maximum Gasteiger partial charge on any atom is 0.358 e. The van der Waals surface area contributed by atoms with E-state index in [4.69, 9.17) is 5.53 Å². The maximum absolute atomic E-state index is 10.7. The van der Waals surface area contributed by atoms with Gasteiger partial charge in [0, 0.05) is 16.2 Å². The van der Waals surface area contributed by atoms with E-state index in [9.17, 15) is 8.42 Å². The van der Waals surface area contributed by atoms with Gasteiger partial charge in [-0.05, 0) is 17.0 Å². The summed E-state index contributed by atoms with van der Waals surface area (Å²) >= 11 is 1.51. The van der Waals surface area contributed by atoms with Gasteiger partial charge in [-0.15, -0.1) is 11.3 Å². The van der Waals surface area contributed by atoms with Crippen LogP contribution < -0.4 is 0 Å². The number of rotatable bonds is 5. The molecule has 8 heteroatoms. The summed E-state index contributed by atoms with van der Waals surface area (Å²) in [6.07, 6.45) is 0.484. The van der Waals surface area contributed by atoms with E-state index in [1.807, 2.05) is 17.5 Å². The zero-order chi connectivity index (χ0) is 10.4. The minimum Gasteiger partial charge on any atom is -0.264 e. The Labute approximate surface area is 85.0 Å². The minimum absolute atomic E-state index is 0.0120. The molecule has 0 saturated heterocycles. The number of hydrogen-bond acceptors (Lipinski definition) is 4. The molecule has 6 nitrogen and oxygen atoms in total. The SMILES string of the molecule is [N-]=[N+]=NS(=O)(=O)OCCc1cccs1. The molecule has 0 unspecified atom stereocenters. The van der Waals surface area contributed by atoms with Gasteiger partial charge < -0.3 is 0 Å². The lowest BCUT2D eigenvalue weighted by Crippen LogP contribution is -2.04. The van der Waals surface area contributed by atoms with E-state index in [0.29, 0.717) is 6.42 Å². The van der Waals surface area contributed by atoms with Crippen LogP contribution in [0, 0.1) is 0 Å². The molecule has 1 rings (SSSR count). The van der Waals surface area contributed by atoms with Crippen LogP contribution in [0.1, 0.15) is 4.88 Å². The van der Waals surface area contributed by atoms with Crippen LogP contribution in [0.3, 0.4) is 0 Å². The normalized spacial score (nSPS) is 10.9. The van der Waals surface area contributed by atoms with E-state index >= 15 is 0 Å². The van der Waals surface area contributed by atoms with E-state index in [0.717, 1.165) is 4.88 Å². The van der Waals surface area contributed by atoms with Gasteiger partial charge >= 0.3 is 10.3 Å². The highest BCUT2D eigenvalue weighted by Gasteiger charge is 2.07. The fourth-order valence-corrected chi connectivity index (χ4v) is 1.89. The van der Waals surface area contributed by atoms with Crippen LogP contribution in [0.5, 0.6) is 0 Å². The van der Waals surface area contributed by atoms with Crippen molar-refractivity contribution in [3.05, 3.63) is 32.8 Å². The largest absolute Gasteiger partial charge is 0.358 e. The Morgan fingerprint density at radius 3 is 3.00 bits per heavy atom. The molecule has 0 aliphatic carbocycles.